The number of hydrogen-bond donors (Lipinski definition) is 6. The summed E-state index contributed by atoms with van der Waals surface area (Å²) in [6.45, 7) is 0. The summed E-state index contributed by atoms with van der Waals surface area (Å²) in [5.74, 6) is 1.05. The van der Waals surface area contributed by atoms with Crippen molar-refractivity contribution in [3.63, 3.8) is 0 Å². The van der Waals surface area contributed by atoms with Gasteiger partial charge in [-0.2, -0.15) is 20.4 Å². The minimum atomic E-state index is 0.227. The fraction of sp³-hybridized carbons (Fsp3) is 0. The number of nitrogens with two attached hydrogens (primary N) is 4. The zero-order valence-electron chi connectivity index (χ0n) is 15.5. The number of hydrogen-bond acceptors (Lipinski definition) is 12. The van der Waals surface area contributed by atoms with E-state index in [1.54, 1.807) is 49.1 Å². The molecular formula is C16H18N14. The van der Waals surface area contributed by atoms with Crippen LogP contribution in [0.4, 0.5) is 46.0 Å². The average molecular weight is 406 g/mol. The zero-order chi connectivity index (χ0) is 21.3. The van der Waals surface area contributed by atoms with Crippen LogP contribution in [0, 0.1) is 0 Å². The summed E-state index contributed by atoms with van der Waals surface area (Å²) >= 11 is 0. The molecule has 0 spiro atoms. The number of nitrogens with one attached hydrogen (secondary N) is 2. The lowest BCUT2D eigenvalue weighted by molar-refractivity contribution is 1.11. The highest BCUT2D eigenvalue weighted by molar-refractivity contribution is 5.70. The van der Waals surface area contributed by atoms with E-state index in [-0.39, 0.29) is 11.6 Å². The Hall–Kier alpha value is -4.88. The molecule has 152 valence electrons. The van der Waals surface area contributed by atoms with Gasteiger partial charge in [-0.3, -0.25) is 20.2 Å². The molecule has 0 radical (unpaired) electrons. The third kappa shape index (κ3) is 5.10. The van der Waals surface area contributed by atoms with Gasteiger partial charge in [0.05, 0.1) is 11.4 Å². The molecule has 0 saturated carbocycles. The maximum atomic E-state index is 5.54. The summed E-state index contributed by atoms with van der Waals surface area (Å²) in [5, 5.41) is 28.0. The van der Waals surface area contributed by atoms with Gasteiger partial charge >= 0.3 is 0 Å². The molecule has 0 aliphatic rings. The molecule has 0 aliphatic carbocycles. The highest BCUT2D eigenvalue weighted by atomic mass is 15.3. The molecule has 30 heavy (non-hydrogen) atoms. The quantitative estimate of drug-likeness (QED) is 0.275. The predicted molar refractivity (Wildman–Crippen MR) is 112 cm³/mol. The molecule has 0 amide bonds. The first-order valence-electron chi connectivity index (χ1n) is 8.36. The van der Waals surface area contributed by atoms with Crippen LogP contribution in [0.25, 0.3) is 0 Å². The third-order valence-electron chi connectivity index (χ3n) is 3.45. The van der Waals surface area contributed by atoms with Crippen molar-refractivity contribution in [3.8, 4) is 0 Å². The SMILES string of the molecule is Nc1n[nH]c(N)c1N=Nc1ccncc1.Nc1n[nH]c(N)c1N=Nc1ccncc1. The van der Waals surface area contributed by atoms with Crippen molar-refractivity contribution in [1.82, 2.24) is 30.4 Å². The Morgan fingerprint density at radius 3 is 1.23 bits per heavy atom. The molecule has 14 nitrogen and oxygen atoms in total. The van der Waals surface area contributed by atoms with Crippen LogP contribution in [-0.4, -0.2) is 30.4 Å². The molecule has 4 aromatic rings. The highest BCUT2D eigenvalue weighted by Gasteiger charge is 2.06. The molecule has 4 rings (SSSR count). The van der Waals surface area contributed by atoms with E-state index in [1.165, 1.54) is 0 Å². The second kappa shape index (κ2) is 9.36. The first-order valence-corrected chi connectivity index (χ1v) is 8.36. The van der Waals surface area contributed by atoms with Gasteiger partial charge in [0.1, 0.15) is 11.6 Å². The third-order valence-corrected chi connectivity index (χ3v) is 3.45. The largest absolute Gasteiger partial charge is 0.382 e. The molecule has 4 heterocycles. The highest BCUT2D eigenvalue weighted by Crippen LogP contribution is 2.28. The number of nitrogen functional groups attached to an aromatic ring is 4. The molecule has 0 bridgehead atoms. The fourth-order valence-corrected chi connectivity index (χ4v) is 1.98. The van der Waals surface area contributed by atoms with Gasteiger partial charge in [-0.05, 0) is 24.3 Å². The molecule has 14 heteroatoms. The van der Waals surface area contributed by atoms with Crippen molar-refractivity contribution >= 4 is 46.0 Å². The van der Waals surface area contributed by atoms with E-state index in [4.69, 9.17) is 22.9 Å². The number of nitrogens with zero attached hydrogens (tertiary/aromatic N) is 8. The predicted octanol–water partition coefficient (Wildman–Crippen LogP) is 2.77. The van der Waals surface area contributed by atoms with Gasteiger partial charge in [-0.1, -0.05) is 0 Å². The minimum Gasteiger partial charge on any atom is -0.382 e. The fourth-order valence-electron chi connectivity index (χ4n) is 1.98. The van der Waals surface area contributed by atoms with Crippen LogP contribution in [0.15, 0.2) is 69.5 Å². The maximum Gasteiger partial charge on any atom is 0.175 e. The average Bonchev–Trinajstić information content (AvgIpc) is 3.27. The summed E-state index contributed by atoms with van der Waals surface area (Å²) in [6, 6.07) is 6.87. The van der Waals surface area contributed by atoms with Crippen molar-refractivity contribution in [2.24, 2.45) is 20.5 Å². The second-order valence-electron chi connectivity index (χ2n) is 5.55. The van der Waals surface area contributed by atoms with Crippen molar-refractivity contribution in [1.29, 1.82) is 0 Å². The first kappa shape index (κ1) is 19.9. The van der Waals surface area contributed by atoms with Crippen LogP contribution in [0.5, 0.6) is 0 Å². The first-order chi connectivity index (χ1) is 14.5. The normalized spacial score (nSPS) is 10.9. The summed E-state index contributed by atoms with van der Waals surface area (Å²) in [5.41, 5.74) is 24.2. The van der Waals surface area contributed by atoms with Crippen LogP contribution in [-0.2, 0) is 0 Å². The van der Waals surface area contributed by atoms with Gasteiger partial charge < -0.3 is 22.9 Å². The molecule has 0 saturated heterocycles. The molecule has 4 aromatic heterocycles. The van der Waals surface area contributed by atoms with E-state index in [1.807, 2.05) is 0 Å². The molecular weight excluding hydrogens is 388 g/mol. The Labute approximate surface area is 169 Å². The van der Waals surface area contributed by atoms with Gasteiger partial charge in [-0.15, -0.1) is 10.2 Å². The Kier molecular flexibility index (Phi) is 6.20. The number of azo groups is 2. The van der Waals surface area contributed by atoms with Gasteiger partial charge in [0.25, 0.3) is 0 Å². The van der Waals surface area contributed by atoms with Crippen molar-refractivity contribution in [3.05, 3.63) is 49.1 Å². The zero-order valence-corrected chi connectivity index (χ0v) is 15.5. The van der Waals surface area contributed by atoms with Gasteiger partial charge in [0.15, 0.2) is 23.0 Å². The number of H-pyrrole nitrogens is 2. The van der Waals surface area contributed by atoms with E-state index >= 15 is 0 Å². The lowest BCUT2D eigenvalue weighted by atomic mass is 10.4. The van der Waals surface area contributed by atoms with E-state index in [0.29, 0.717) is 34.4 Å². The summed E-state index contributed by atoms with van der Waals surface area (Å²) in [7, 11) is 0. The van der Waals surface area contributed by atoms with Crippen molar-refractivity contribution in [2.75, 3.05) is 22.9 Å². The van der Waals surface area contributed by atoms with Crippen molar-refractivity contribution < 1.29 is 0 Å². The van der Waals surface area contributed by atoms with E-state index < -0.39 is 0 Å². The standard InChI is InChI=1S/2C8H9N7/c2*9-7-6(8(10)15-14-7)13-12-5-1-3-11-4-2-5/h2*1-4H,(H5,9,10,14,15). The lowest BCUT2D eigenvalue weighted by Crippen LogP contribution is -1.84. The summed E-state index contributed by atoms with van der Waals surface area (Å²) in [6.07, 6.45) is 6.49. The van der Waals surface area contributed by atoms with Crippen LogP contribution < -0.4 is 22.9 Å². The molecule has 0 aromatic carbocycles. The Morgan fingerprint density at radius 1 is 0.567 bits per heavy atom. The van der Waals surface area contributed by atoms with Gasteiger partial charge in [0, 0.05) is 24.8 Å². The Balaban J connectivity index is 0.000000171. The molecule has 0 unspecified atom stereocenters. The van der Waals surface area contributed by atoms with Gasteiger partial charge in [-0.25, -0.2) is 0 Å². The van der Waals surface area contributed by atoms with Crippen LogP contribution in [0.1, 0.15) is 0 Å². The Bertz CT molecular complexity index is 999. The number of pyridine rings is 2. The summed E-state index contributed by atoms with van der Waals surface area (Å²) in [4.78, 5) is 7.71. The lowest BCUT2D eigenvalue weighted by Gasteiger charge is -1.91. The molecule has 0 atom stereocenters. The van der Waals surface area contributed by atoms with Gasteiger partial charge in [0.2, 0.25) is 0 Å². The maximum absolute atomic E-state index is 5.54. The monoisotopic (exact) mass is 406 g/mol. The van der Waals surface area contributed by atoms with Crippen LogP contribution in [0.2, 0.25) is 0 Å². The van der Waals surface area contributed by atoms with Crippen LogP contribution in [0.3, 0.4) is 0 Å². The Morgan fingerprint density at radius 2 is 0.933 bits per heavy atom. The molecule has 10 N–H and O–H groups in total. The minimum absolute atomic E-state index is 0.227. The van der Waals surface area contributed by atoms with E-state index in [2.05, 4.69) is 50.8 Å². The number of anilines is 4. The van der Waals surface area contributed by atoms with Crippen LogP contribution >= 0.6 is 0 Å². The molecule has 0 aliphatic heterocycles. The number of aromatic amines is 2. The number of aromatic nitrogens is 6. The smallest absolute Gasteiger partial charge is 0.175 e. The second-order valence-corrected chi connectivity index (χ2v) is 5.55. The van der Waals surface area contributed by atoms with Crippen molar-refractivity contribution in [2.45, 2.75) is 0 Å². The molecule has 0 fully saturated rings. The summed E-state index contributed by atoms with van der Waals surface area (Å²) < 4.78 is 0. The van der Waals surface area contributed by atoms with E-state index in [0.717, 1.165) is 0 Å². The number of rotatable bonds is 4. The topological polar surface area (TPSA) is 237 Å². The van der Waals surface area contributed by atoms with E-state index in [9.17, 15) is 0 Å².